The Bertz CT molecular complexity index is 1110. The smallest absolute Gasteiger partial charge is 0.338 e. The lowest BCUT2D eigenvalue weighted by molar-refractivity contribution is -0.139. The van der Waals surface area contributed by atoms with Gasteiger partial charge in [-0.1, -0.05) is 23.9 Å². The first-order chi connectivity index (χ1) is 16.3. The highest BCUT2D eigenvalue weighted by atomic mass is 32.2. The molecule has 34 heavy (non-hydrogen) atoms. The summed E-state index contributed by atoms with van der Waals surface area (Å²) in [7, 11) is 0. The van der Waals surface area contributed by atoms with Gasteiger partial charge in [0, 0.05) is 38.8 Å². The zero-order valence-corrected chi connectivity index (χ0v) is 20.2. The Kier molecular flexibility index (Phi) is 7.06. The van der Waals surface area contributed by atoms with E-state index in [0.717, 1.165) is 0 Å². The molecule has 8 nitrogen and oxygen atoms in total. The van der Waals surface area contributed by atoms with Crippen molar-refractivity contribution in [1.82, 2.24) is 14.7 Å². The number of thioether (sulfide) groups is 1. The second-order valence-corrected chi connectivity index (χ2v) is 9.07. The summed E-state index contributed by atoms with van der Waals surface area (Å²) in [6.45, 7) is 7.15. The number of benzene rings is 1. The van der Waals surface area contributed by atoms with Crippen molar-refractivity contribution in [2.75, 3.05) is 32.8 Å². The van der Waals surface area contributed by atoms with E-state index in [1.165, 1.54) is 30.8 Å². The third-order valence-electron chi connectivity index (χ3n) is 6.07. The fourth-order valence-corrected chi connectivity index (χ4v) is 5.33. The van der Waals surface area contributed by atoms with Crippen LogP contribution in [0.1, 0.15) is 38.8 Å². The molecule has 1 unspecified atom stereocenters. The number of esters is 1. The number of nitrogens with zero attached hydrogens (tertiary/aromatic N) is 4. The number of amidine groups is 1. The quantitative estimate of drug-likeness (QED) is 0.595. The molecule has 4 rings (SSSR count). The summed E-state index contributed by atoms with van der Waals surface area (Å²) in [6.07, 6.45) is 0.104. The lowest BCUT2D eigenvalue weighted by atomic mass is 9.93. The Hall–Kier alpha value is -3.14. The van der Waals surface area contributed by atoms with Crippen LogP contribution >= 0.6 is 11.8 Å². The SMILES string of the molecule is CCOC(=O)C1=C(C)N=C2SC=C(CC(=O)N3CCN(C(C)=O)CC3)N2C1c1cccc(F)c1. The number of halogens is 1. The standard InChI is InChI=1S/C24H27FN4O4S/c1-4-33-23(32)21-15(2)26-24-29(22(21)17-6-5-7-18(25)12-17)19(14-34-24)13-20(31)28-10-8-27(9-11-28)16(3)30/h5-7,12,14,22H,4,8-11,13H2,1-3H3. The van der Waals surface area contributed by atoms with Crippen LogP contribution in [0.15, 0.2) is 51.6 Å². The largest absolute Gasteiger partial charge is 0.463 e. The van der Waals surface area contributed by atoms with Gasteiger partial charge >= 0.3 is 5.97 Å². The molecule has 1 saturated heterocycles. The van der Waals surface area contributed by atoms with Gasteiger partial charge in [-0.25, -0.2) is 14.2 Å². The van der Waals surface area contributed by atoms with Gasteiger partial charge < -0.3 is 19.4 Å². The average Bonchev–Trinajstić information content (AvgIpc) is 3.20. The van der Waals surface area contributed by atoms with E-state index in [0.29, 0.717) is 53.9 Å². The molecule has 0 spiro atoms. The number of amides is 2. The van der Waals surface area contributed by atoms with Crippen molar-refractivity contribution in [3.05, 3.63) is 58.0 Å². The van der Waals surface area contributed by atoms with Crippen molar-refractivity contribution in [2.45, 2.75) is 33.2 Å². The molecule has 1 fully saturated rings. The van der Waals surface area contributed by atoms with E-state index in [2.05, 4.69) is 4.99 Å². The maximum atomic E-state index is 14.2. The van der Waals surface area contributed by atoms with E-state index >= 15 is 0 Å². The number of rotatable bonds is 5. The Balaban J connectivity index is 1.61. The topological polar surface area (TPSA) is 82.5 Å². The predicted molar refractivity (Wildman–Crippen MR) is 127 cm³/mol. The van der Waals surface area contributed by atoms with Gasteiger partial charge in [0.15, 0.2) is 5.17 Å². The molecule has 1 aromatic rings. The molecule has 0 N–H and O–H groups in total. The van der Waals surface area contributed by atoms with Gasteiger partial charge in [-0.3, -0.25) is 9.59 Å². The number of aliphatic imine (C=N–C) groups is 1. The van der Waals surface area contributed by atoms with Crippen LogP contribution in [-0.4, -0.2) is 70.4 Å². The molecular weight excluding hydrogens is 459 g/mol. The molecule has 3 aliphatic heterocycles. The van der Waals surface area contributed by atoms with E-state index in [9.17, 15) is 18.8 Å². The highest BCUT2D eigenvalue weighted by Crippen LogP contribution is 2.45. The average molecular weight is 487 g/mol. The molecule has 2 amide bonds. The second-order valence-electron chi connectivity index (χ2n) is 8.23. The Morgan fingerprint density at radius 3 is 2.53 bits per heavy atom. The molecule has 10 heteroatoms. The molecule has 1 atom stereocenters. The Morgan fingerprint density at radius 1 is 1.18 bits per heavy atom. The molecule has 0 radical (unpaired) electrons. The number of piperazine rings is 1. The minimum absolute atomic E-state index is 0.00255. The Labute approximate surface area is 202 Å². The van der Waals surface area contributed by atoms with E-state index in [1.807, 2.05) is 10.3 Å². The van der Waals surface area contributed by atoms with Gasteiger partial charge in [0.2, 0.25) is 11.8 Å². The highest BCUT2D eigenvalue weighted by molar-refractivity contribution is 8.16. The van der Waals surface area contributed by atoms with E-state index in [1.54, 1.807) is 35.8 Å². The van der Waals surface area contributed by atoms with E-state index in [-0.39, 0.29) is 24.8 Å². The number of carbonyl (C=O) groups is 3. The van der Waals surface area contributed by atoms with Gasteiger partial charge in [-0.15, -0.1) is 0 Å². The predicted octanol–water partition coefficient (Wildman–Crippen LogP) is 3.04. The van der Waals surface area contributed by atoms with E-state index < -0.39 is 17.8 Å². The van der Waals surface area contributed by atoms with Crippen molar-refractivity contribution in [2.24, 2.45) is 4.99 Å². The number of allylic oxidation sites excluding steroid dienone is 1. The zero-order valence-electron chi connectivity index (χ0n) is 19.4. The molecule has 180 valence electrons. The van der Waals surface area contributed by atoms with Crippen molar-refractivity contribution in [1.29, 1.82) is 0 Å². The van der Waals surface area contributed by atoms with Gasteiger partial charge in [0.25, 0.3) is 0 Å². The summed E-state index contributed by atoms with van der Waals surface area (Å²) in [4.78, 5) is 47.5. The maximum absolute atomic E-state index is 14.2. The Morgan fingerprint density at radius 2 is 1.88 bits per heavy atom. The normalized spacial score (nSPS) is 20.1. The van der Waals surface area contributed by atoms with Gasteiger partial charge in [0.05, 0.1) is 30.3 Å². The van der Waals surface area contributed by atoms with Crippen molar-refractivity contribution >= 4 is 34.7 Å². The number of hydrogen-bond acceptors (Lipinski definition) is 7. The fourth-order valence-electron chi connectivity index (χ4n) is 4.37. The van der Waals surface area contributed by atoms with Crippen LogP contribution in [0.5, 0.6) is 0 Å². The highest BCUT2D eigenvalue weighted by Gasteiger charge is 2.41. The fraction of sp³-hybridized carbons (Fsp3) is 0.417. The lowest BCUT2D eigenvalue weighted by Crippen LogP contribution is -2.50. The monoisotopic (exact) mass is 486 g/mol. The van der Waals surface area contributed by atoms with E-state index in [4.69, 9.17) is 4.74 Å². The van der Waals surface area contributed by atoms with Crippen LogP contribution in [-0.2, 0) is 19.1 Å². The molecule has 0 aromatic heterocycles. The first-order valence-electron chi connectivity index (χ1n) is 11.2. The number of ether oxygens (including phenoxy) is 1. The minimum Gasteiger partial charge on any atom is -0.463 e. The number of hydrogen-bond donors (Lipinski definition) is 0. The van der Waals surface area contributed by atoms with Crippen LogP contribution in [0.2, 0.25) is 0 Å². The van der Waals surface area contributed by atoms with Gasteiger partial charge in [-0.05, 0) is 37.0 Å². The first kappa shape index (κ1) is 24.0. The van der Waals surface area contributed by atoms with Gasteiger partial charge in [-0.2, -0.15) is 0 Å². The van der Waals surface area contributed by atoms with Gasteiger partial charge in [0.1, 0.15) is 5.82 Å². The summed E-state index contributed by atoms with van der Waals surface area (Å²) < 4.78 is 19.5. The lowest BCUT2D eigenvalue weighted by Gasteiger charge is -2.37. The number of fused-ring (bicyclic) bond motifs is 1. The van der Waals surface area contributed by atoms with Crippen LogP contribution < -0.4 is 0 Å². The van der Waals surface area contributed by atoms with Crippen LogP contribution in [0.25, 0.3) is 0 Å². The molecule has 0 aliphatic carbocycles. The third-order valence-corrected chi connectivity index (χ3v) is 6.96. The summed E-state index contributed by atoms with van der Waals surface area (Å²) in [5, 5.41) is 2.49. The molecule has 0 bridgehead atoms. The van der Waals surface area contributed by atoms with Crippen molar-refractivity contribution < 1.29 is 23.5 Å². The number of carbonyl (C=O) groups excluding carboxylic acids is 3. The summed E-state index contributed by atoms with van der Waals surface area (Å²) in [5.41, 5.74) is 2.09. The summed E-state index contributed by atoms with van der Waals surface area (Å²) >= 11 is 1.37. The summed E-state index contributed by atoms with van der Waals surface area (Å²) in [6, 6.07) is 5.43. The minimum atomic E-state index is -0.661. The molecule has 1 aromatic carbocycles. The van der Waals surface area contributed by atoms with Crippen LogP contribution in [0, 0.1) is 5.82 Å². The molecule has 0 saturated carbocycles. The molecule has 3 aliphatic rings. The third kappa shape index (κ3) is 4.72. The zero-order chi connectivity index (χ0) is 24.4. The molecular formula is C24H27FN4O4S. The first-order valence-corrected chi connectivity index (χ1v) is 12.1. The maximum Gasteiger partial charge on any atom is 0.338 e. The van der Waals surface area contributed by atoms with Crippen molar-refractivity contribution in [3.63, 3.8) is 0 Å². The second kappa shape index (κ2) is 10.0. The molecule has 3 heterocycles. The van der Waals surface area contributed by atoms with Crippen LogP contribution in [0.4, 0.5) is 4.39 Å². The van der Waals surface area contributed by atoms with Crippen molar-refractivity contribution in [3.8, 4) is 0 Å². The summed E-state index contributed by atoms with van der Waals surface area (Å²) in [5.74, 6) is -1.000. The van der Waals surface area contributed by atoms with Crippen LogP contribution in [0.3, 0.4) is 0 Å².